The van der Waals surface area contributed by atoms with Crippen LogP contribution in [0, 0.1) is 11.7 Å². The molecule has 136 valence electrons. The second-order valence-corrected chi connectivity index (χ2v) is 8.12. The maximum absolute atomic E-state index is 13.1. The molecule has 0 aliphatic carbocycles. The zero-order valence-electron chi connectivity index (χ0n) is 15.2. The minimum Gasteiger partial charge on any atom is -0.348 e. The summed E-state index contributed by atoms with van der Waals surface area (Å²) >= 11 is 1.29. The van der Waals surface area contributed by atoms with Gasteiger partial charge in [-0.15, -0.1) is 5.10 Å². The van der Waals surface area contributed by atoms with Crippen molar-refractivity contribution in [3.8, 4) is 0 Å². The number of hydrogen-bond donors (Lipinski definition) is 1. The highest BCUT2D eigenvalue weighted by Gasteiger charge is 2.22. The number of nitrogens with one attached hydrogen (secondary N) is 1. The fourth-order valence-electron chi connectivity index (χ4n) is 2.34. The average molecular weight is 365 g/mol. The monoisotopic (exact) mass is 365 g/mol. The third-order valence-electron chi connectivity index (χ3n) is 3.62. The molecule has 2 aromatic rings. The summed E-state index contributed by atoms with van der Waals surface area (Å²) in [6.07, 6.45) is 0. The number of carbonyl (C=O) groups is 1. The molecule has 6 nitrogen and oxygen atoms in total. The van der Waals surface area contributed by atoms with Crippen LogP contribution in [-0.4, -0.2) is 31.9 Å². The second kappa shape index (κ2) is 7.95. The summed E-state index contributed by atoms with van der Waals surface area (Å²) in [5.74, 6) is -0.0149. The number of carbonyl (C=O) groups excluding carboxylic acids is 1. The smallest absolute Gasteiger partial charge is 0.230 e. The SMILES string of the molecule is CC(C)C(NC(=O)CSc1nnnn1C(C)(C)C)c1ccc(F)cc1. The summed E-state index contributed by atoms with van der Waals surface area (Å²) in [5.41, 5.74) is 0.631. The van der Waals surface area contributed by atoms with Crippen molar-refractivity contribution in [2.24, 2.45) is 5.92 Å². The highest BCUT2D eigenvalue weighted by Crippen LogP contribution is 2.24. The minimum absolute atomic E-state index is 0.114. The number of benzene rings is 1. The van der Waals surface area contributed by atoms with E-state index in [1.54, 1.807) is 16.8 Å². The van der Waals surface area contributed by atoms with E-state index in [9.17, 15) is 9.18 Å². The van der Waals surface area contributed by atoms with E-state index < -0.39 is 0 Å². The molecule has 1 heterocycles. The van der Waals surface area contributed by atoms with E-state index in [2.05, 4.69) is 20.8 Å². The number of amides is 1. The van der Waals surface area contributed by atoms with Crippen LogP contribution < -0.4 is 5.32 Å². The molecule has 1 N–H and O–H groups in total. The number of tetrazole rings is 1. The quantitative estimate of drug-likeness (QED) is 0.796. The molecule has 0 aliphatic rings. The molecule has 0 aliphatic heterocycles. The molecule has 0 radical (unpaired) electrons. The average Bonchev–Trinajstić information content (AvgIpc) is 3.00. The maximum Gasteiger partial charge on any atom is 0.230 e. The number of rotatable bonds is 6. The predicted molar refractivity (Wildman–Crippen MR) is 95.7 cm³/mol. The number of hydrogen-bond acceptors (Lipinski definition) is 5. The molecule has 1 atom stereocenters. The van der Waals surface area contributed by atoms with E-state index >= 15 is 0 Å². The zero-order chi connectivity index (χ0) is 18.6. The van der Waals surface area contributed by atoms with E-state index in [1.165, 1.54) is 23.9 Å². The Bertz CT molecular complexity index is 709. The third kappa shape index (κ3) is 5.26. The largest absolute Gasteiger partial charge is 0.348 e. The molecule has 1 aromatic heterocycles. The van der Waals surface area contributed by atoms with Gasteiger partial charge in [-0.1, -0.05) is 37.7 Å². The zero-order valence-corrected chi connectivity index (χ0v) is 16.0. The summed E-state index contributed by atoms with van der Waals surface area (Å²) in [7, 11) is 0. The first-order valence-electron chi connectivity index (χ1n) is 8.15. The molecule has 1 amide bonds. The van der Waals surface area contributed by atoms with Crippen molar-refractivity contribution >= 4 is 17.7 Å². The molecule has 8 heteroatoms. The Hall–Kier alpha value is -1.96. The van der Waals surface area contributed by atoms with Crippen molar-refractivity contribution in [2.45, 2.75) is 51.4 Å². The lowest BCUT2D eigenvalue weighted by molar-refractivity contribution is -0.119. The van der Waals surface area contributed by atoms with Gasteiger partial charge in [0, 0.05) is 0 Å². The summed E-state index contributed by atoms with van der Waals surface area (Å²) in [4.78, 5) is 12.4. The van der Waals surface area contributed by atoms with Gasteiger partial charge in [0.05, 0.1) is 17.3 Å². The summed E-state index contributed by atoms with van der Waals surface area (Å²) in [6.45, 7) is 10.0. The number of nitrogens with zero attached hydrogens (tertiary/aromatic N) is 4. The molecule has 0 fully saturated rings. The number of thioether (sulfide) groups is 1. The van der Waals surface area contributed by atoms with E-state index in [4.69, 9.17) is 0 Å². The topological polar surface area (TPSA) is 72.7 Å². The van der Waals surface area contributed by atoms with Crippen LogP contribution in [0.2, 0.25) is 0 Å². The lowest BCUT2D eigenvalue weighted by atomic mass is 9.96. The normalized spacial score (nSPS) is 13.1. The van der Waals surface area contributed by atoms with Crippen LogP contribution in [-0.2, 0) is 10.3 Å². The molecule has 2 rings (SSSR count). The Morgan fingerprint density at radius 2 is 1.92 bits per heavy atom. The Morgan fingerprint density at radius 3 is 2.48 bits per heavy atom. The van der Waals surface area contributed by atoms with Crippen LogP contribution >= 0.6 is 11.8 Å². The predicted octanol–water partition coefficient (Wildman–Crippen LogP) is 3.17. The third-order valence-corrected chi connectivity index (χ3v) is 4.54. The van der Waals surface area contributed by atoms with Gasteiger partial charge in [-0.25, -0.2) is 9.07 Å². The maximum atomic E-state index is 13.1. The molecule has 1 unspecified atom stereocenters. The van der Waals surface area contributed by atoms with E-state index in [1.807, 2.05) is 34.6 Å². The number of aromatic nitrogens is 4. The van der Waals surface area contributed by atoms with Gasteiger partial charge in [0.1, 0.15) is 5.82 Å². The number of halogens is 1. The lowest BCUT2D eigenvalue weighted by Crippen LogP contribution is -2.33. The van der Waals surface area contributed by atoms with Gasteiger partial charge in [-0.05, 0) is 54.8 Å². The van der Waals surface area contributed by atoms with Crippen molar-refractivity contribution in [3.63, 3.8) is 0 Å². The van der Waals surface area contributed by atoms with Gasteiger partial charge in [-0.3, -0.25) is 4.79 Å². The van der Waals surface area contributed by atoms with Gasteiger partial charge in [0.2, 0.25) is 11.1 Å². The van der Waals surface area contributed by atoms with Crippen molar-refractivity contribution in [1.29, 1.82) is 0 Å². The highest BCUT2D eigenvalue weighted by molar-refractivity contribution is 7.99. The Kier molecular flexibility index (Phi) is 6.16. The van der Waals surface area contributed by atoms with Crippen LogP contribution in [0.25, 0.3) is 0 Å². The Balaban J connectivity index is 2.01. The van der Waals surface area contributed by atoms with Crippen LogP contribution in [0.3, 0.4) is 0 Å². The molecular weight excluding hydrogens is 341 g/mol. The molecule has 0 saturated heterocycles. The van der Waals surface area contributed by atoms with E-state index in [0.717, 1.165) is 5.56 Å². The van der Waals surface area contributed by atoms with E-state index in [-0.39, 0.29) is 35.0 Å². The first kappa shape index (κ1) is 19.4. The van der Waals surface area contributed by atoms with Crippen molar-refractivity contribution in [1.82, 2.24) is 25.5 Å². The summed E-state index contributed by atoms with van der Waals surface area (Å²) in [6, 6.07) is 6.04. The van der Waals surface area contributed by atoms with Gasteiger partial charge >= 0.3 is 0 Å². The van der Waals surface area contributed by atoms with Gasteiger partial charge in [0.25, 0.3) is 0 Å². The molecule has 1 aromatic carbocycles. The molecular formula is C17H24FN5OS. The van der Waals surface area contributed by atoms with E-state index in [0.29, 0.717) is 5.16 Å². The standard InChI is InChI=1S/C17H24FN5OS/c1-11(2)15(12-6-8-13(18)9-7-12)19-14(24)10-25-16-20-21-22-23(16)17(3,4)5/h6-9,11,15H,10H2,1-5H3,(H,19,24). The molecule has 0 spiro atoms. The first-order chi connectivity index (χ1) is 11.7. The van der Waals surface area contributed by atoms with Crippen LogP contribution in [0.15, 0.2) is 29.4 Å². The van der Waals surface area contributed by atoms with Crippen molar-refractivity contribution < 1.29 is 9.18 Å². The van der Waals surface area contributed by atoms with Gasteiger partial charge < -0.3 is 5.32 Å². The second-order valence-electron chi connectivity index (χ2n) is 7.17. The van der Waals surface area contributed by atoms with Crippen molar-refractivity contribution in [2.75, 3.05) is 5.75 Å². The first-order valence-corrected chi connectivity index (χ1v) is 9.13. The minimum atomic E-state index is -0.290. The lowest BCUT2D eigenvalue weighted by Gasteiger charge is -2.23. The Labute approximate surface area is 151 Å². The van der Waals surface area contributed by atoms with Crippen molar-refractivity contribution in [3.05, 3.63) is 35.6 Å². The molecule has 0 saturated carbocycles. The summed E-state index contributed by atoms with van der Waals surface area (Å²) in [5, 5.41) is 15.3. The Morgan fingerprint density at radius 1 is 1.28 bits per heavy atom. The van der Waals surface area contributed by atoms with Gasteiger partial charge in [-0.2, -0.15) is 0 Å². The molecule has 0 bridgehead atoms. The van der Waals surface area contributed by atoms with Crippen LogP contribution in [0.4, 0.5) is 4.39 Å². The van der Waals surface area contributed by atoms with Crippen LogP contribution in [0.1, 0.15) is 46.2 Å². The summed E-state index contributed by atoms with van der Waals surface area (Å²) < 4.78 is 14.8. The molecule has 25 heavy (non-hydrogen) atoms. The highest BCUT2D eigenvalue weighted by atomic mass is 32.2. The fourth-order valence-corrected chi connectivity index (χ4v) is 3.21. The fraction of sp³-hybridized carbons (Fsp3) is 0.529. The van der Waals surface area contributed by atoms with Gasteiger partial charge in [0.15, 0.2) is 0 Å². The van der Waals surface area contributed by atoms with Crippen LogP contribution in [0.5, 0.6) is 0 Å².